The Labute approximate surface area is 152 Å². The summed E-state index contributed by atoms with van der Waals surface area (Å²) in [5.74, 6) is -2.03. The number of hydrogen-bond acceptors (Lipinski definition) is 3. The van der Waals surface area contributed by atoms with Gasteiger partial charge in [-0.25, -0.2) is 8.78 Å². The van der Waals surface area contributed by atoms with Crippen LogP contribution in [0.15, 0.2) is 24.3 Å². The van der Waals surface area contributed by atoms with Crippen molar-refractivity contribution in [3.8, 4) is 5.75 Å². The van der Waals surface area contributed by atoms with E-state index in [1.54, 1.807) is 6.07 Å². The molecule has 0 fully saturated rings. The number of nitrogens with one attached hydrogen (secondary N) is 1. The van der Waals surface area contributed by atoms with E-state index in [9.17, 15) is 13.6 Å². The maximum absolute atomic E-state index is 14.6. The first-order chi connectivity index (χ1) is 11.4. The predicted octanol–water partition coefficient (Wildman–Crippen LogP) is 4.37. The maximum Gasteiger partial charge on any atom is 0.250 e. The predicted molar refractivity (Wildman–Crippen MR) is 97.9 cm³/mol. The fourth-order valence-electron chi connectivity index (χ4n) is 2.37. The van der Waals surface area contributed by atoms with Gasteiger partial charge < -0.3 is 15.8 Å². The summed E-state index contributed by atoms with van der Waals surface area (Å²) in [6, 6.07) is 5.89. The third kappa shape index (κ3) is 3.77. The van der Waals surface area contributed by atoms with Gasteiger partial charge in [0.15, 0.2) is 11.6 Å². The Bertz CT molecular complexity index is 782. The zero-order chi connectivity index (χ0) is 17.9. The van der Waals surface area contributed by atoms with Crippen LogP contribution in [0.4, 0.5) is 20.2 Å². The van der Waals surface area contributed by atoms with Crippen LogP contribution in [-0.2, 0) is 6.42 Å². The van der Waals surface area contributed by atoms with Crippen LogP contribution in [-0.4, -0.2) is 13.0 Å². The lowest BCUT2D eigenvalue weighted by Crippen LogP contribution is -2.16. The lowest BCUT2D eigenvalue weighted by Gasteiger charge is -2.18. The number of halogens is 3. The number of anilines is 2. The van der Waals surface area contributed by atoms with Gasteiger partial charge in [-0.1, -0.05) is 13.3 Å². The van der Waals surface area contributed by atoms with E-state index >= 15 is 0 Å². The summed E-state index contributed by atoms with van der Waals surface area (Å²) in [5, 5.41) is 2.73. The smallest absolute Gasteiger partial charge is 0.250 e. The van der Waals surface area contributed by atoms with Crippen molar-refractivity contribution in [1.82, 2.24) is 0 Å². The molecule has 7 heteroatoms. The summed E-state index contributed by atoms with van der Waals surface area (Å²) in [6.45, 7) is 1.89. The molecule has 3 N–H and O–H groups in total. The van der Waals surface area contributed by atoms with Crippen LogP contribution in [0, 0.1) is 15.2 Å². The molecular weight excluding hydrogens is 429 g/mol. The Morgan fingerprint density at radius 2 is 2.04 bits per heavy atom. The molecular formula is C17H17F2IN2O2. The van der Waals surface area contributed by atoms with Crippen LogP contribution >= 0.6 is 22.6 Å². The first-order valence-corrected chi connectivity index (χ1v) is 8.38. The summed E-state index contributed by atoms with van der Waals surface area (Å²) in [7, 11) is 1.29. The molecule has 0 saturated heterocycles. The van der Waals surface area contributed by atoms with Gasteiger partial charge in [0, 0.05) is 3.57 Å². The van der Waals surface area contributed by atoms with Gasteiger partial charge in [-0.3, -0.25) is 4.79 Å². The Hall–Kier alpha value is -1.90. The molecule has 0 aliphatic carbocycles. The number of rotatable bonds is 6. The molecule has 2 aromatic carbocycles. The van der Waals surface area contributed by atoms with Crippen LogP contribution in [0.1, 0.15) is 29.3 Å². The molecule has 0 atom stereocenters. The molecule has 128 valence electrons. The van der Waals surface area contributed by atoms with Gasteiger partial charge in [-0.15, -0.1) is 0 Å². The van der Waals surface area contributed by atoms with Gasteiger partial charge in [0.1, 0.15) is 5.82 Å². The molecule has 2 aromatic rings. The van der Waals surface area contributed by atoms with Crippen LogP contribution in [0.25, 0.3) is 0 Å². The van der Waals surface area contributed by atoms with Crippen molar-refractivity contribution in [1.29, 1.82) is 0 Å². The van der Waals surface area contributed by atoms with Crippen LogP contribution in [0.5, 0.6) is 5.75 Å². The Kier molecular flexibility index (Phi) is 5.98. The number of ether oxygens (including phenoxy) is 1. The third-order valence-corrected chi connectivity index (χ3v) is 4.15. The van der Waals surface area contributed by atoms with Crippen molar-refractivity contribution in [2.45, 2.75) is 19.8 Å². The summed E-state index contributed by atoms with van der Waals surface area (Å²) in [5.41, 5.74) is 5.91. The number of primary amides is 1. The van der Waals surface area contributed by atoms with Crippen molar-refractivity contribution < 1.29 is 18.3 Å². The van der Waals surface area contributed by atoms with Gasteiger partial charge in [-0.2, -0.15) is 0 Å². The summed E-state index contributed by atoms with van der Waals surface area (Å²) < 4.78 is 34.5. The minimum atomic E-state index is -0.751. The molecule has 0 radical (unpaired) electrons. The zero-order valence-corrected chi connectivity index (χ0v) is 15.4. The molecule has 1 amide bonds. The van der Waals surface area contributed by atoms with E-state index in [0.29, 0.717) is 22.0 Å². The second-order valence-electron chi connectivity index (χ2n) is 5.17. The number of hydrogen-bond donors (Lipinski definition) is 2. The van der Waals surface area contributed by atoms with E-state index in [1.807, 2.05) is 29.5 Å². The SMILES string of the molecule is CCCc1cc(C(N)=O)c(Nc2ccc(I)cc2F)c(OC)c1F. The van der Waals surface area contributed by atoms with Crippen LogP contribution < -0.4 is 15.8 Å². The molecule has 2 rings (SSSR count). The number of carbonyl (C=O) groups is 1. The quantitative estimate of drug-likeness (QED) is 0.648. The molecule has 0 bridgehead atoms. The normalized spacial score (nSPS) is 10.5. The highest BCUT2D eigenvalue weighted by Gasteiger charge is 2.22. The number of aryl methyl sites for hydroxylation is 1. The minimum absolute atomic E-state index is 0.0162. The van der Waals surface area contributed by atoms with E-state index in [1.165, 1.54) is 25.3 Å². The highest BCUT2D eigenvalue weighted by Crippen LogP contribution is 2.37. The monoisotopic (exact) mass is 446 g/mol. The van der Waals surface area contributed by atoms with Gasteiger partial charge in [0.25, 0.3) is 5.91 Å². The molecule has 4 nitrogen and oxygen atoms in total. The second kappa shape index (κ2) is 7.78. The van der Waals surface area contributed by atoms with E-state index in [2.05, 4.69) is 5.32 Å². The molecule has 0 unspecified atom stereocenters. The van der Waals surface area contributed by atoms with Crippen molar-refractivity contribution in [2.75, 3.05) is 12.4 Å². The molecule has 0 aliphatic heterocycles. The van der Waals surface area contributed by atoms with Gasteiger partial charge in [0.2, 0.25) is 0 Å². The average molecular weight is 446 g/mol. The Morgan fingerprint density at radius 3 is 2.58 bits per heavy atom. The zero-order valence-electron chi connectivity index (χ0n) is 13.3. The summed E-state index contributed by atoms with van der Waals surface area (Å²) in [6.07, 6.45) is 1.12. The highest BCUT2D eigenvalue weighted by atomic mass is 127. The molecule has 0 heterocycles. The molecule has 0 saturated carbocycles. The van der Waals surface area contributed by atoms with Crippen molar-refractivity contribution in [2.24, 2.45) is 5.73 Å². The van der Waals surface area contributed by atoms with Crippen LogP contribution in [0.2, 0.25) is 0 Å². The van der Waals surface area contributed by atoms with Crippen molar-refractivity contribution in [3.05, 3.63) is 50.6 Å². The fraction of sp³-hybridized carbons (Fsp3) is 0.235. The standard InChI is InChI=1S/C17H17F2IN2O2/c1-3-4-9-7-11(17(21)23)15(16(24-2)14(9)19)22-13-6-5-10(20)8-12(13)18/h5-8,22H,3-4H2,1-2H3,(H2,21,23). The molecule has 24 heavy (non-hydrogen) atoms. The Balaban J connectivity index is 2.62. The maximum atomic E-state index is 14.6. The van der Waals surface area contributed by atoms with E-state index in [0.717, 1.165) is 0 Å². The minimum Gasteiger partial charge on any atom is -0.492 e. The number of benzene rings is 2. The third-order valence-electron chi connectivity index (χ3n) is 3.48. The second-order valence-corrected chi connectivity index (χ2v) is 6.41. The Morgan fingerprint density at radius 1 is 1.33 bits per heavy atom. The molecule has 0 spiro atoms. The number of carbonyl (C=O) groups excluding carboxylic acids is 1. The number of nitrogens with two attached hydrogens (primary N) is 1. The lowest BCUT2D eigenvalue weighted by molar-refractivity contribution is 0.100. The van der Waals surface area contributed by atoms with E-state index in [-0.39, 0.29) is 22.7 Å². The van der Waals surface area contributed by atoms with Gasteiger partial charge in [-0.05, 0) is 58.8 Å². The van der Waals surface area contributed by atoms with Crippen molar-refractivity contribution >= 4 is 39.9 Å². The number of methoxy groups -OCH3 is 1. The fourth-order valence-corrected chi connectivity index (χ4v) is 2.83. The first kappa shape index (κ1) is 18.4. The summed E-state index contributed by atoms with van der Waals surface area (Å²) >= 11 is 1.98. The molecule has 0 aliphatic rings. The van der Waals surface area contributed by atoms with Crippen LogP contribution in [0.3, 0.4) is 0 Å². The van der Waals surface area contributed by atoms with Gasteiger partial charge in [0.05, 0.1) is 24.0 Å². The highest BCUT2D eigenvalue weighted by molar-refractivity contribution is 14.1. The largest absolute Gasteiger partial charge is 0.492 e. The lowest BCUT2D eigenvalue weighted by atomic mass is 10.0. The molecule has 0 aromatic heterocycles. The average Bonchev–Trinajstić information content (AvgIpc) is 2.52. The van der Waals surface area contributed by atoms with Crippen molar-refractivity contribution in [3.63, 3.8) is 0 Å². The van der Waals surface area contributed by atoms with Gasteiger partial charge >= 0.3 is 0 Å². The topological polar surface area (TPSA) is 64.4 Å². The van der Waals surface area contributed by atoms with E-state index in [4.69, 9.17) is 10.5 Å². The number of amides is 1. The first-order valence-electron chi connectivity index (χ1n) is 7.30. The summed E-state index contributed by atoms with van der Waals surface area (Å²) in [4.78, 5) is 11.8. The van der Waals surface area contributed by atoms with E-state index < -0.39 is 17.5 Å².